The Bertz CT molecular complexity index is 272. The smallest absolute Gasteiger partial charge is 0.0675 e. The van der Waals surface area contributed by atoms with Gasteiger partial charge in [0.25, 0.3) is 0 Å². The Balaban J connectivity index is -0.000000305. The van der Waals surface area contributed by atoms with E-state index in [1.54, 1.807) is 6.20 Å². The minimum Gasteiger partial charge on any atom is -0.278 e. The van der Waals surface area contributed by atoms with Crippen molar-refractivity contribution in [2.24, 2.45) is 0 Å². The van der Waals surface area contributed by atoms with Crippen LogP contribution in [-0.4, -0.2) is 10.2 Å². The molecule has 0 saturated carbocycles. The number of nitrogens with one attached hydrogen (secondary N) is 1. The fourth-order valence-corrected chi connectivity index (χ4v) is 0.935. The first-order chi connectivity index (χ1) is 7.13. The number of allylic oxidation sites excluding steroid dienone is 2. The van der Waals surface area contributed by atoms with Crippen molar-refractivity contribution in [3.05, 3.63) is 30.6 Å². The molecule has 0 aliphatic rings. The maximum absolute atomic E-state index is 3.92. The Morgan fingerprint density at radius 1 is 1.13 bits per heavy atom. The van der Waals surface area contributed by atoms with Gasteiger partial charge in [0.2, 0.25) is 0 Å². The molecule has 0 bridgehead atoms. The van der Waals surface area contributed by atoms with E-state index in [2.05, 4.69) is 23.4 Å². The third kappa shape index (κ3) is 5.21. The Hall–Kier alpha value is -1.31. The van der Waals surface area contributed by atoms with Crippen LogP contribution in [0.15, 0.2) is 19.4 Å². The Morgan fingerprint density at radius 2 is 1.60 bits per heavy atom. The lowest BCUT2D eigenvalue weighted by atomic mass is 10.1. The average Bonchev–Trinajstić information content (AvgIpc) is 2.72. The van der Waals surface area contributed by atoms with E-state index in [4.69, 9.17) is 0 Å². The number of H-pyrrole nitrogens is 1. The van der Waals surface area contributed by atoms with Gasteiger partial charge in [-0.1, -0.05) is 40.9 Å². The topological polar surface area (TPSA) is 28.7 Å². The molecule has 0 amide bonds. The molecule has 0 radical (unpaired) electrons. The minimum atomic E-state index is 0. The first-order valence-corrected chi connectivity index (χ1v) is 5.48. The van der Waals surface area contributed by atoms with Gasteiger partial charge in [0.15, 0.2) is 0 Å². The summed E-state index contributed by atoms with van der Waals surface area (Å²) in [6.07, 6.45) is 1.77. The summed E-state index contributed by atoms with van der Waals surface area (Å²) in [5, 5.41) is 6.79. The molecular formula is C13H26N2. The zero-order chi connectivity index (χ0) is 12.4. The highest BCUT2D eigenvalue weighted by Gasteiger charge is 2.04. The van der Waals surface area contributed by atoms with Gasteiger partial charge >= 0.3 is 0 Å². The molecule has 1 N–H and O–H groups in total. The van der Waals surface area contributed by atoms with Crippen LogP contribution in [0.3, 0.4) is 0 Å². The molecule has 1 aromatic heterocycles. The molecule has 0 aliphatic carbocycles. The highest BCUT2D eigenvalue weighted by Crippen LogP contribution is 2.19. The van der Waals surface area contributed by atoms with E-state index in [1.807, 2.05) is 41.5 Å². The summed E-state index contributed by atoms with van der Waals surface area (Å²) in [5.41, 5.74) is 4.03. The van der Waals surface area contributed by atoms with Gasteiger partial charge in [-0.15, -0.1) is 0 Å². The van der Waals surface area contributed by atoms with Crippen molar-refractivity contribution >= 4 is 11.1 Å². The summed E-state index contributed by atoms with van der Waals surface area (Å²) in [6, 6.07) is 0. The van der Waals surface area contributed by atoms with Gasteiger partial charge in [-0.25, -0.2) is 0 Å². The molecule has 0 fully saturated rings. The Labute approximate surface area is 95.6 Å². The standard InChI is InChI=1S/C9H12N2.2C2H6.H2/c1-6(2)8-5-10-11-9(8)7(3)4;2*1-2;/h5H,1,3H2,2,4H3,(H,10,11);2*1-2H3;1H. The van der Waals surface area contributed by atoms with E-state index >= 15 is 0 Å². The van der Waals surface area contributed by atoms with Crippen molar-refractivity contribution in [2.45, 2.75) is 41.5 Å². The molecule has 0 aliphatic heterocycles. The first-order valence-electron chi connectivity index (χ1n) is 5.48. The van der Waals surface area contributed by atoms with Crippen LogP contribution in [0.25, 0.3) is 11.1 Å². The quantitative estimate of drug-likeness (QED) is 0.748. The lowest BCUT2D eigenvalue weighted by Gasteiger charge is -1.99. The summed E-state index contributed by atoms with van der Waals surface area (Å²) in [6.45, 7) is 19.6. The molecule has 2 heteroatoms. The molecule has 15 heavy (non-hydrogen) atoms. The fourth-order valence-electron chi connectivity index (χ4n) is 0.935. The molecule has 0 atom stereocenters. The third-order valence-electron chi connectivity index (χ3n) is 1.53. The van der Waals surface area contributed by atoms with Crippen LogP contribution in [-0.2, 0) is 0 Å². The number of hydrogen-bond acceptors (Lipinski definition) is 1. The van der Waals surface area contributed by atoms with E-state index in [-0.39, 0.29) is 1.43 Å². The van der Waals surface area contributed by atoms with Gasteiger partial charge in [0.1, 0.15) is 0 Å². The second kappa shape index (κ2) is 9.25. The van der Waals surface area contributed by atoms with Gasteiger partial charge in [0, 0.05) is 6.99 Å². The predicted molar refractivity (Wildman–Crippen MR) is 72.8 cm³/mol. The van der Waals surface area contributed by atoms with Crippen molar-refractivity contribution in [2.75, 3.05) is 0 Å². The molecule has 2 nitrogen and oxygen atoms in total. The van der Waals surface area contributed by atoms with Crippen LogP contribution < -0.4 is 0 Å². The monoisotopic (exact) mass is 210 g/mol. The van der Waals surface area contributed by atoms with Crippen molar-refractivity contribution in [1.82, 2.24) is 10.2 Å². The average molecular weight is 210 g/mol. The largest absolute Gasteiger partial charge is 0.278 e. The molecule has 0 aromatic carbocycles. The van der Waals surface area contributed by atoms with Gasteiger partial charge < -0.3 is 0 Å². The summed E-state index contributed by atoms with van der Waals surface area (Å²) < 4.78 is 0. The zero-order valence-corrected chi connectivity index (χ0v) is 10.9. The molecule has 88 valence electrons. The minimum absolute atomic E-state index is 0. The van der Waals surface area contributed by atoms with Crippen LogP contribution in [0.2, 0.25) is 0 Å². The van der Waals surface area contributed by atoms with Gasteiger partial charge in [-0.2, -0.15) is 5.10 Å². The zero-order valence-electron chi connectivity index (χ0n) is 10.9. The summed E-state index contributed by atoms with van der Waals surface area (Å²) in [7, 11) is 0. The molecular weight excluding hydrogens is 184 g/mol. The van der Waals surface area contributed by atoms with Gasteiger partial charge in [0.05, 0.1) is 11.9 Å². The second-order valence-electron chi connectivity index (χ2n) is 2.72. The number of aromatic nitrogens is 2. The van der Waals surface area contributed by atoms with Crippen molar-refractivity contribution < 1.29 is 1.43 Å². The SMILES string of the molecule is C=C(C)c1cn[nH]c1C(=C)C.CC.CC.[HH]. The molecule has 0 unspecified atom stereocenters. The number of hydrogen-bond donors (Lipinski definition) is 1. The van der Waals surface area contributed by atoms with Crippen LogP contribution in [0, 0.1) is 0 Å². The van der Waals surface area contributed by atoms with E-state index in [1.165, 1.54) is 0 Å². The molecule has 1 rings (SSSR count). The lowest BCUT2D eigenvalue weighted by molar-refractivity contribution is 1.07. The van der Waals surface area contributed by atoms with Crippen molar-refractivity contribution in [3.8, 4) is 0 Å². The van der Waals surface area contributed by atoms with E-state index in [0.29, 0.717) is 0 Å². The van der Waals surface area contributed by atoms with E-state index in [9.17, 15) is 0 Å². The van der Waals surface area contributed by atoms with Crippen LogP contribution >= 0.6 is 0 Å². The van der Waals surface area contributed by atoms with E-state index < -0.39 is 0 Å². The van der Waals surface area contributed by atoms with Crippen LogP contribution in [0.5, 0.6) is 0 Å². The summed E-state index contributed by atoms with van der Waals surface area (Å²) in [5.74, 6) is 0. The maximum atomic E-state index is 3.92. The molecule has 0 spiro atoms. The second-order valence-corrected chi connectivity index (χ2v) is 2.72. The van der Waals surface area contributed by atoms with Crippen molar-refractivity contribution in [3.63, 3.8) is 0 Å². The normalized spacial score (nSPS) is 7.87. The van der Waals surface area contributed by atoms with E-state index in [0.717, 1.165) is 22.4 Å². The fraction of sp³-hybridized carbons (Fsp3) is 0.462. The highest BCUT2D eigenvalue weighted by molar-refractivity contribution is 5.73. The predicted octanol–water partition coefficient (Wildman–Crippen LogP) is 4.77. The number of rotatable bonds is 2. The first kappa shape index (κ1) is 16.1. The Morgan fingerprint density at radius 3 is 1.87 bits per heavy atom. The van der Waals surface area contributed by atoms with Crippen molar-refractivity contribution in [1.29, 1.82) is 0 Å². The summed E-state index contributed by atoms with van der Waals surface area (Å²) in [4.78, 5) is 0. The maximum Gasteiger partial charge on any atom is 0.0675 e. The van der Waals surface area contributed by atoms with Crippen LogP contribution in [0.1, 0.15) is 54.2 Å². The molecule has 0 saturated heterocycles. The third-order valence-corrected chi connectivity index (χ3v) is 1.53. The number of nitrogens with zero attached hydrogens (tertiary/aromatic N) is 1. The van der Waals surface area contributed by atoms with Gasteiger partial charge in [-0.05, 0) is 25.0 Å². The van der Waals surface area contributed by atoms with Crippen LogP contribution in [0.4, 0.5) is 0 Å². The molecule has 1 aromatic rings. The Kier molecular flexibility index (Phi) is 9.95. The highest BCUT2D eigenvalue weighted by atomic mass is 15.1. The summed E-state index contributed by atoms with van der Waals surface area (Å²) >= 11 is 0. The van der Waals surface area contributed by atoms with Gasteiger partial charge in [-0.3, -0.25) is 5.10 Å². The number of aromatic amines is 1. The molecule has 1 heterocycles. The lowest BCUT2D eigenvalue weighted by Crippen LogP contribution is -1.83.